The van der Waals surface area contributed by atoms with Gasteiger partial charge in [0.2, 0.25) is 5.95 Å². The zero-order valence-corrected chi connectivity index (χ0v) is 15.7. The predicted molar refractivity (Wildman–Crippen MR) is 105 cm³/mol. The Labute approximate surface area is 157 Å². The van der Waals surface area contributed by atoms with Crippen molar-refractivity contribution in [3.05, 3.63) is 30.1 Å². The summed E-state index contributed by atoms with van der Waals surface area (Å²) in [5.41, 5.74) is 7.92. The van der Waals surface area contributed by atoms with E-state index in [0.29, 0.717) is 41.7 Å². The van der Waals surface area contributed by atoms with E-state index in [1.165, 1.54) is 0 Å². The summed E-state index contributed by atoms with van der Waals surface area (Å²) in [5.74, 6) is 1.92. The molecule has 2 aromatic heterocycles. The van der Waals surface area contributed by atoms with Crippen LogP contribution in [0.1, 0.15) is 19.4 Å². The number of hydrogen-bond acceptors (Lipinski definition) is 8. The summed E-state index contributed by atoms with van der Waals surface area (Å²) in [6.45, 7) is 5.60. The smallest absolute Gasteiger partial charge is 0.226 e. The molecule has 0 spiro atoms. The molecule has 0 amide bonds. The number of nitrogens with zero attached hydrogens (tertiary/aromatic N) is 4. The molecule has 0 saturated heterocycles. The maximum Gasteiger partial charge on any atom is 0.226 e. The number of hydrogen-bond donors (Lipinski definition) is 4. The van der Waals surface area contributed by atoms with Gasteiger partial charge in [-0.2, -0.15) is 9.97 Å². The molecule has 3 aromatic rings. The van der Waals surface area contributed by atoms with Crippen molar-refractivity contribution in [3.63, 3.8) is 0 Å². The molecule has 2 heterocycles. The molecule has 0 aliphatic heterocycles. The average molecular weight is 371 g/mol. The van der Waals surface area contributed by atoms with Crippen LogP contribution < -0.4 is 21.1 Å². The second-order valence-corrected chi connectivity index (χ2v) is 6.30. The van der Waals surface area contributed by atoms with Crippen LogP contribution in [-0.2, 0) is 13.1 Å². The Morgan fingerprint density at radius 1 is 1.30 bits per heavy atom. The zero-order valence-electron chi connectivity index (χ0n) is 15.7. The van der Waals surface area contributed by atoms with Crippen LogP contribution in [0.5, 0.6) is 11.5 Å². The van der Waals surface area contributed by atoms with Gasteiger partial charge in [-0.25, -0.2) is 4.98 Å². The topological polar surface area (TPSA) is 123 Å². The average Bonchev–Trinajstić information content (AvgIpc) is 3.08. The summed E-state index contributed by atoms with van der Waals surface area (Å²) in [6.07, 6.45) is 1.74. The number of imidazole rings is 1. The molecule has 1 atom stereocenters. The molecule has 0 fully saturated rings. The van der Waals surface area contributed by atoms with E-state index < -0.39 is 0 Å². The molecule has 5 N–H and O–H groups in total. The highest BCUT2D eigenvalue weighted by Crippen LogP contribution is 2.26. The van der Waals surface area contributed by atoms with Crippen LogP contribution >= 0.6 is 0 Å². The standard InChI is InChI=1S/C18H25N7O2/c1-4-25-10-22-15-16(23-18(24-17(15)25)21-8-11(2)19)20-9-12-7-13(27-3)5-6-14(12)26/h5-7,10-11,26H,4,8-9,19H2,1-3H3,(H2,20,21,23,24). The van der Waals surface area contributed by atoms with Crippen LogP contribution in [0, 0.1) is 0 Å². The molecule has 9 nitrogen and oxygen atoms in total. The number of rotatable bonds is 8. The number of nitrogens with one attached hydrogen (secondary N) is 2. The molecule has 0 saturated carbocycles. The number of fused-ring (bicyclic) bond motifs is 1. The lowest BCUT2D eigenvalue weighted by Gasteiger charge is -2.12. The van der Waals surface area contributed by atoms with Gasteiger partial charge < -0.3 is 30.8 Å². The summed E-state index contributed by atoms with van der Waals surface area (Å²) in [6, 6.07) is 5.07. The van der Waals surface area contributed by atoms with E-state index >= 15 is 0 Å². The Hall–Kier alpha value is -3.07. The van der Waals surface area contributed by atoms with E-state index in [1.807, 2.05) is 18.4 Å². The molecular weight excluding hydrogens is 346 g/mol. The number of aromatic nitrogens is 4. The fraction of sp³-hybridized carbons (Fsp3) is 0.389. The van der Waals surface area contributed by atoms with E-state index in [-0.39, 0.29) is 11.8 Å². The molecule has 9 heteroatoms. The normalized spacial score (nSPS) is 12.1. The zero-order chi connectivity index (χ0) is 19.4. The van der Waals surface area contributed by atoms with Gasteiger partial charge in [0.05, 0.1) is 13.4 Å². The largest absolute Gasteiger partial charge is 0.508 e. The van der Waals surface area contributed by atoms with Gasteiger partial charge in [-0.3, -0.25) is 0 Å². The fourth-order valence-electron chi connectivity index (χ4n) is 2.64. The molecule has 0 aliphatic rings. The van der Waals surface area contributed by atoms with Crippen molar-refractivity contribution in [2.45, 2.75) is 33.0 Å². The summed E-state index contributed by atoms with van der Waals surface area (Å²) in [5, 5.41) is 16.5. The monoisotopic (exact) mass is 371 g/mol. The van der Waals surface area contributed by atoms with Crippen molar-refractivity contribution in [1.82, 2.24) is 19.5 Å². The summed E-state index contributed by atoms with van der Waals surface area (Å²) < 4.78 is 7.17. The molecule has 1 aromatic carbocycles. The Morgan fingerprint density at radius 3 is 2.81 bits per heavy atom. The van der Waals surface area contributed by atoms with Crippen molar-refractivity contribution in [1.29, 1.82) is 0 Å². The number of methoxy groups -OCH3 is 1. The number of anilines is 2. The third-order valence-electron chi connectivity index (χ3n) is 4.12. The minimum absolute atomic E-state index is 0.0227. The first-order valence-electron chi connectivity index (χ1n) is 8.83. The maximum atomic E-state index is 10.1. The van der Waals surface area contributed by atoms with Crippen LogP contribution in [0.3, 0.4) is 0 Å². The van der Waals surface area contributed by atoms with Crippen LogP contribution in [-0.4, -0.2) is 44.3 Å². The second-order valence-electron chi connectivity index (χ2n) is 6.30. The molecule has 0 radical (unpaired) electrons. The van der Waals surface area contributed by atoms with Crippen LogP contribution in [0.15, 0.2) is 24.5 Å². The quantitative estimate of drug-likeness (QED) is 0.474. The molecular formula is C18H25N7O2. The molecule has 3 rings (SSSR count). The van der Waals surface area contributed by atoms with Crippen molar-refractivity contribution in [2.75, 3.05) is 24.3 Å². The number of phenols is 1. The van der Waals surface area contributed by atoms with Gasteiger partial charge in [0, 0.05) is 31.2 Å². The van der Waals surface area contributed by atoms with E-state index in [2.05, 4.69) is 25.6 Å². The maximum absolute atomic E-state index is 10.1. The van der Waals surface area contributed by atoms with Crippen molar-refractivity contribution in [3.8, 4) is 11.5 Å². The molecule has 27 heavy (non-hydrogen) atoms. The van der Waals surface area contributed by atoms with Gasteiger partial charge in [0.1, 0.15) is 11.5 Å². The summed E-state index contributed by atoms with van der Waals surface area (Å²) in [7, 11) is 1.59. The highest BCUT2D eigenvalue weighted by Gasteiger charge is 2.14. The highest BCUT2D eigenvalue weighted by atomic mass is 16.5. The number of phenolic OH excluding ortho intramolecular Hbond substituents is 1. The number of aromatic hydroxyl groups is 1. The van der Waals surface area contributed by atoms with Gasteiger partial charge in [0.15, 0.2) is 17.0 Å². The van der Waals surface area contributed by atoms with Gasteiger partial charge in [0.25, 0.3) is 0 Å². The van der Waals surface area contributed by atoms with Crippen LogP contribution in [0.25, 0.3) is 11.2 Å². The van der Waals surface area contributed by atoms with E-state index in [1.54, 1.807) is 31.6 Å². The number of aryl methyl sites for hydroxylation is 1. The molecule has 1 unspecified atom stereocenters. The molecule has 144 valence electrons. The number of benzene rings is 1. The summed E-state index contributed by atoms with van der Waals surface area (Å²) >= 11 is 0. The van der Waals surface area contributed by atoms with Crippen molar-refractivity contribution >= 4 is 22.9 Å². The fourth-order valence-corrected chi connectivity index (χ4v) is 2.64. The lowest BCUT2D eigenvalue weighted by atomic mass is 10.2. The minimum Gasteiger partial charge on any atom is -0.508 e. The number of ether oxygens (including phenoxy) is 1. The predicted octanol–water partition coefficient (Wildman–Crippen LogP) is 1.93. The third kappa shape index (κ3) is 4.20. The van der Waals surface area contributed by atoms with E-state index in [4.69, 9.17) is 10.5 Å². The summed E-state index contributed by atoms with van der Waals surface area (Å²) in [4.78, 5) is 13.5. The van der Waals surface area contributed by atoms with Gasteiger partial charge in [-0.15, -0.1) is 0 Å². The van der Waals surface area contributed by atoms with Crippen LogP contribution in [0.4, 0.5) is 11.8 Å². The lowest BCUT2D eigenvalue weighted by molar-refractivity contribution is 0.411. The Bertz CT molecular complexity index is 923. The highest BCUT2D eigenvalue weighted by molar-refractivity contribution is 5.84. The van der Waals surface area contributed by atoms with Gasteiger partial charge >= 0.3 is 0 Å². The van der Waals surface area contributed by atoms with Gasteiger partial charge in [-0.05, 0) is 32.0 Å². The second kappa shape index (κ2) is 8.09. The SMILES string of the molecule is CCn1cnc2c(NCc3cc(OC)ccc3O)nc(NCC(C)N)nc21. The van der Waals surface area contributed by atoms with Crippen molar-refractivity contribution < 1.29 is 9.84 Å². The minimum atomic E-state index is -0.0227. The molecule has 0 aliphatic carbocycles. The first-order valence-corrected chi connectivity index (χ1v) is 8.83. The Morgan fingerprint density at radius 2 is 2.11 bits per heavy atom. The first-order chi connectivity index (χ1) is 13.0. The van der Waals surface area contributed by atoms with Crippen molar-refractivity contribution in [2.24, 2.45) is 5.73 Å². The number of nitrogens with two attached hydrogens (primary N) is 1. The third-order valence-corrected chi connectivity index (χ3v) is 4.12. The Kier molecular flexibility index (Phi) is 5.60. The first kappa shape index (κ1) is 18.7. The Balaban J connectivity index is 1.91. The lowest BCUT2D eigenvalue weighted by Crippen LogP contribution is -2.26. The van der Waals surface area contributed by atoms with E-state index in [9.17, 15) is 5.11 Å². The molecule has 0 bridgehead atoms. The van der Waals surface area contributed by atoms with Crippen LogP contribution in [0.2, 0.25) is 0 Å². The van der Waals surface area contributed by atoms with Gasteiger partial charge in [-0.1, -0.05) is 0 Å². The van der Waals surface area contributed by atoms with E-state index in [0.717, 1.165) is 12.2 Å².